The molecule has 2 aromatic rings. The van der Waals surface area contributed by atoms with Crippen LogP contribution in [-0.2, 0) is 5.72 Å². The normalized spacial score (nSPS) is 22.6. The zero-order valence-electron chi connectivity index (χ0n) is 14.3. The van der Waals surface area contributed by atoms with Crippen LogP contribution in [0, 0.1) is 6.92 Å². The van der Waals surface area contributed by atoms with Gasteiger partial charge in [-0.2, -0.15) is 0 Å². The molecule has 5 heteroatoms. The number of hydrogen-bond donors (Lipinski definition) is 1. The third-order valence-corrected chi connectivity index (χ3v) is 5.35. The Balaban J connectivity index is 0.00000182. The van der Waals surface area contributed by atoms with Crippen molar-refractivity contribution < 1.29 is 26.7 Å². The van der Waals surface area contributed by atoms with Crippen LogP contribution in [0.1, 0.15) is 30.4 Å². The zero-order chi connectivity index (χ0) is 16.7. The smallest absolute Gasteiger partial charge is 0.271 e. The fraction of sp³-hybridized carbons (Fsp3) is 0.350. The van der Waals surface area contributed by atoms with Gasteiger partial charge in [0.05, 0.1) is 6.54 Å². The van der Waals surface area contributed by atoms with Crippen LogP contribution in [0.15, 0.2) is 48.5 Å². The molecule has 0 saturated heterocycles. The molecule has 1 atom stereocenters. The molecule has 2 aromatic carbocycles. The fourth-order valence-corrected chi connectivity index (χ4v) is 4.02. The van der Waals surface area contributed by atoms with Gasteiger partial charge in [-0.1, -0.05) is 35.9 Å². The van der Waals surface area contributed by atoms with E-state index in [1.807, 2.05) is 24.3 Å². The van der Waals surface area contributed by atoms with E-state index in [1.165, 1.54) is 17.8 Å². The van der Waals surface area contributed by atoms with Gasteiger partial charge in [0, 0.05) is 17.0 Å². The first kappa shape index (κ1) is 18.4. The molecule has 25 heavy (non-hydrogen) atoms. The Hall–Kier alpha value is -1.36. The van der Waals surface area contributed by atoms with Gasteiger partial charge in [-0.15, -0.1) is 0 Å². The summed E-state index contributed by atoms with van der Waals surface area (Å²) in [6.07, 6.45) is 3.29. The molecule has 2 aliphatic heterocycles. The maximum Gasteiger partial charge on any atom is 0.271 e. The maximum absolute atomic E-state index is 11.6. The highest BCUT2D eigenvalue weighted by atomic mass is 79.9. The van der Waals surface area contributed by atoms with Crippen LogP contribution in [0.5, 0.6) is 0 Å². The molecule has 2 heterocycles. The van der Waals surface area contributed by atoms with E-state index in [0.717, 1.165) is 30.6 Å². The molecule has 1 N–H and O–H groups in total. The molecular formula is C20H22BrClN2O. The average molecular weight is 422 g/mol. The average Bonchev–Trinajstić information content (AvgIpc) is 2.90. The first-order chi connectivity index (χ1) is 11.6. The van der Waals surface area contributed by atoms with Crippen LogP contribution >= 0.6 is 11.6 Å². The van der Waals surface area contributed by atoms with Gasteiger partial charge in [0.15, 0.2) is 6.54 Å². The lowest BCUT2D eigenvalue weighted by molar-refractivity contribution is -0.661. The van der Waals surface area contributed by atoms with Gasteiger partial charge in [-0.05, 0) is 49.6 Å². The number of hydrogen-bond acceptors (Lipinski definition) is 2. The Kier molecular flexibility index (Phi) is 5.24. The number of halogens is 2. The molecule has 4 rings (SSSR count). The molecule has 0 bridgehead atoms. The van der Waals surface area contributed by atoms with E-state index >= 15 is 0 Å². The number of anilines is 1. The Morgan fingerprint density at radius 1 is 1.12 bits per heavy atom. The van der Waals surface area contributed by atoms with Gasteiger partial charge in [0.25, 0.3) is 11.6 Å². The summed E-state index contributed by atoms with van der Waals surface area (Å²) in [5.74, 6) is 1.23. The zero-order valence-corrected chi connectivity index (χ0v) is 16.6. The summed E-state index contributed by atoms with van der Waals surface area (Å²) in [6, 6.07) is 16.1. The monoisotopic (exact) mass is 420 g/mol. The van der Waals surface area contributed by atoms with Crippen LogP contribution in [-0.4, -0.2) is 28.6 Å². The van der Waals surface area contributed by atoms with E-state index in [-0.39, 0.29) is 17.0 Å². The van der Waals surface area contributed by atoms with Crippen molar-refractivity contribution in [3.8, 4) is 0 Å². The second-order valence-corrected chi connectivity index (χ2v) is 7.21. The van der Waals surface area contributed by atoms with Gasteiger partial charge < -0.3 is 22.1 Å². The van der Waals surface area contributed by atoms with Gasteiger partial charge in [-0.25, -0.2) is 9.48 Å². The van der Waals surface area contributed by atoms with E-state index < -0.39 is 5.72 Å². The molecule has 0 spiro atoms. The molecular weight excluding hydrogens is 400 g/mol. The third kappa shape index (κ3) is 3.23. The largest absolute Gasteiger partial charge is 1.00 e. The standard InChI is InChI=1S/C20H22ClN2O.BrH/c1-15-5-4-6-18(13-15)22-14-20(24,16-8-10-17(21)11-9-16)23-12-3-2-7-19(22)23;/h4-6,8-11,13,24H,2-3,7,12,14H2,1H3;1H/q+1;/p-1. The number of aryl methyl sites for hydroxylation is 1. The van der Waals surface area contributed by atoms with E-state index in [4.69, 9.17) is 11.6 Å². The lowest BCUT2D eigenvalue weighted by Crippen LogP contribution is -3.00. The van der Waals surface area contributed by atoms with Gasteiger partial charge in [-0.3, -0.25) is 0 Å². The van der Waals surface area contributed by atoms with Crippen LogP contribution in [0.3, 0.4) is 0 Å². The summed E-state index contributed by atoms with van der Waals surface area (Å²) in [7, 11) is 0. The predicted octanol–water partition coefficient (Wildman–Crippen LogP) is 0.913. The summed E-state index contributed by atoms with van der Waals surface area (Å²) in [4.78, 5) is 2.28. The Bertz CT molecular complexity index is 806. The van der Waals surface area contributed by atoms with Crippen molar-refractivity contribution in [2.24, 2.45) is 0 Å². The number of nitrogens with zero attached hydrogens (tertiary/aromatic N) is 2. The van der Waals surface area contributed by atoms with Crippen molar-refractivity contribution >= 4 is 23.1 Å². The molecule has 0 amide bonds. The Morgan fingerprint density at radius 2 is 1.88 bits per heavy atom. The maximum atomic E-state index is 11.6. The number of amidine groups is 1. The minimum absolute atomic E-state index is 0. The molecule has 0 aromatic heterocycles. The quantitative estimate of drug-likeness (QED) is 0.730. The highest BCUT2D eigenvalue weighted by Gasteiger charge is 2.52. The van der Waals surface area contributed by atoms with Crippen LogP contribution in [0.25, 0.3) is 0 Å². The van der Waals surface area contributed by atoms with Crippen molar-refractivity contribution in [2.45, 2.75) is 31.9 Å². The van der Waals surface area contributed by atoms with Crippen molar-refractivity contribution in [1.29, 1.82) is 0 Å². The first-order valence-electron chi connectivity index (χ1n) is 8.54. The lowest BCUT2D eigenvalue weighted by atomic mass is 10.0. The van der Waals surface area contributed by atoms with Crippen molar-refractivity contribution in [2.75, 3.05) is 18.0 Å². The minimum Gasteiger partial charge on any atom is -1.00 e. The van der Waals surface area contributed by atoms with E-state index in [9.17, 15) is 5.11 Å². The van der Waals surface area contributed by atoms with Gasteiger partial charge in [0.2, 0.25) is 0 Å². The van der Waals surface area contributed by atoms with E-state index in [1.54, 1.807) is 0 Å². The predicted molar refractivity (Wildman–Crippen MR) is 97.9 cm³/mol. The van der Waals surface area contributed by atoms with Gasteiger partial charge in [0.1, 0.15) is 5.69 Å². The summed E-state index contributed by atoms with van der Waals surface area (Å²) < 4.78 is 2.18. The summed E-state index contributed by atoms with van der Waals surface area (Å²) in [5, 5.41) is 12.3. The topological polar surface area (TPSA) is 26.5 Å². The Morgan fingerprint density at radius 3 is 2.60 bits per heavy atom. The summed E-state index contributed by atoms with van der Waals surface area (Å²) in [6.45, 7) is 3.54. The SMILES string of the molecule is Cc1cccc(N2CC(O)(c3ccc(Cl)cc3)[N+]3=C2CCCC3)c1.[Br-]. The van der Waals surface area contributed by atoms with Crippen molar-refractivity contribution in [3.05, 3.63) is 64.7 Å². The van der Waals surface area contributed by atoms with Gasteiger partial charge >= 0.3 is 0 Å². The number of benzene rings is 2. The second-order valence-electron chi connectivity index (χ2n) is 6.77. The molecule has 0 saturated carbocycles. The molecule has 3 nitrogen and oxygen atoms in total. The Labute approximate surface area is 164 Å². The highest BCUT2D eigenvalue weighted by Crippen LogP contribution is 2.36. The third-order valence-electron chi connectivity index (χ3n) is 5.10. The number of β-amino-alcohol motifs (C(OH)–C–C–N with tert-alkyl or cyclic N) is 1. The minimum atomic E-state index is -0.996. The first-order valence-corrected chi connectivity index (χ1v) is 8.92. The summed E-state index contributed by atoms with van der Waals surface area (Å²) in [5.41, 5.74) is 2.30. The number of rotatable bonds is 2. The molecule has 0 radical (unpaired) electrons. The molecule has 2 aliphatic rings. The molecule has 0 aliphatic carbocycles. The van der Waals surface area contributed by atoms with Crippen molar-refractivity contribution in [3.63, 3.8) is 0 Å². The highest BCUT2D eigenvalue weighted by molar-refractivity contribution is 6.30. The van der Waals surface area contributed by atoms with E-state index in [0.29, 0.717) is 11.6 Å². The van der Waals surface area contributed by atoms with Crippen LogP contribution in [0.4, 0.5) is 5.69 Å². The second kappa shape index (κ2) is 7.10. The van der Waals surface area contributed by atoms with E-state index in [2.05, 4.69) is 40.7 Å². The molecule has 1 unspecified atom stereocenters. The fourth-order valence-electron chi connectivity index (χ4n) is 3.89. The number of aliphatic hydroxyl groups is 1. The molecule has 132 valence electrons. The summed E-state index contributed by atoms with van der Waals surface area (Å²) >= 11 is 6.03. The van der Waals surface area contributed by atoms with Crippen LogP contribution in [0.2, 0.25) is 5.02 Å². The lowest BCUT2D eigenvalue weighted by Gasteiger charge is -2.24. The van der Waals surface area contributed by atoms with Crippen molar-refractivity contribution in [1.82, 2.24) is 0 Å². The molecule has 0 fully saturated rings. The van der Waals surface area contributed by atoms with Crippen LogP contribution < -0.4 is 21.9 Å².